The molecular formula is C18H36B3IO12P2S. The highest BCUT2D eigenvalue weighted by Crippen LogP contribution is 2.56. The van der Waals surface area contributed by atoms with E-state index in [0.29, 0.717) is 19.3 Å². The summed E-state index contributed by atoms with van der Waals surface area (Å²) in [6, 6.07) is -0.417. The molecule has 3 aliphatic rings. The number of thiol groups is 1. The number of rotatable bonds is 14. The Morgan fingerprint density at radius 2 is 1.32 bits per heavy atom. The van der Waals surface area contributed by atoms with Crippen molar-refractivity contribution in [1.82, 2.24) is 0 Å². The summed E-state index contributed by atoms with van der Waals surface area (Å²) < 4.78 is 75.7. The second-order valence-corrected chi connectivity index (χ2v) is 14.8. The summed E-state index contributed by atoms with van der Waals surface area (Å²) >= 11 is 5.91. The van der Waals surface area contributed by atoms with Crippen LogP contribution in [0.25, 0.3) is 0 Å². The lowest BCUT2D eigenvalue weighted by Gasteiger charge is -2.25. The number of hydrogen-bond donors (Lipinski definition) is 2. The lowest BCUT2D eigenvalue weighted by Crippen LogP contribution is -2.31. The number of halogens is 1. The van der Waals surface area contributed by atoms with Gasteiger partial charge in [-0.25, -0.2) is 9.13 Å². The van der Waals surface area contributed by atoms with Gasteiger partial charge in [-0.05, 0) is 33.1 Å². The van der Waals surface area contributed by atoms with E-state index >= 15 is 0 Å². The first-order chi connectivity index (χ1) is 17.3. The fraction of sp³-hybridized carbons (Fsp3) is 1.00. The summed E-state index contributed by atoms with van der Waals surface area (Å²) in [5, 5.41) is 0. The maximum atomic E-state index is 12.9. The molecule has 0 aromatic carbocycles. The summed E-state index contributed by atoms with van der Waals surface area (Å²) in [5.41, 5.74) is 0. The second-order valence-electron chi connectivity index (χ2n) is 9.99. The van der Waals surface area contributed by atoms with E-state index in [1.807, 2.05) is 60.4 Å². The van der Waals surface area contributed by atoms with Gasteiger partial charge in [0.25, 0.3) is 0 Å². The third kappa shape index (κ3) is 10.6. The molecule has 5 unspecified atom stereocenters. The van der Waals surface area contributed by atoms with Crippen molar-refractivity contribution in [2.75, 3.05) is 19.8 Å². The topological polar surface area (TPSA) is 137 Å². The molecule has 1 N–H and O–H groups in total. The third-order valence-corrected chi connectivity index (χ3v) is 9.51. The van der Waals surface area contributed by atoms with Gasteiger partial charge in [-0.3, -0.25) is 18.1 Å². The molecular weight excluding hydrogens is 662 g/mol. The number of hydrogen-bond acceptors (Lipinski definition) is 11. The van der Waals surface area contributed by atoms with Gasteiger partial charge in [-0.2, -0.15) is 0 Å². The van der Waals surface area contributed by atoms with Crippen molar-refractivity contribution < 1.29 is 54.1 Å². The number of ether oxygens (including phenoxy) is 4. The molecule has 0 spiro atoms. The lowest BCUT2D eigenvalue weighted by atomic mass is 9.96. The molecule has 0 amide bonds. The minimum absolute atomic E-state index is 0.00684. The van der Waals surface area contributed by atoms with Gasteiger partial charge in [0, 0.05) is 18.0 Å². The monoisotopic (exact) mass is 698 g/mol. The Balaban J connectivity index is 1.50. The SMILES string of the molecule is B[C@H]1CC(OI)[C@@H](COP(=O)(S)OC2C[C@H](B)O[C@@H]2COP(=O)(O)OC2C[C@H](B)O[C@@H]2COC(C)C)O1. The third-order valence-electron chi connectivity index (χ3n) is 6.21. The molecule has 11 atom stereocenters. The molecule has 19 heteroatoms. The van der Waals surface area contributed by atoms with Crippen LogP contribution in [0.2, 0.25) is 0 Å². The summed E-state index contributed by atoms with van der Waals surface area (Å²) in [6.45, 7) is -0.128. The predicted octanol–water partition coefficient (Wildman–Crippen LogP) is 0.333. The summed E-state index contributed by atoms with van der Waals surface area (Å²) in [5.74, 6) is 0. The van der Waals surface area contributed by atoms with E-state index < -0.39 is 45.1 Å². The van der Waals surface area contributed by atoms with Crippen molar-refractivity contribution in [1.29, 1.82) is 0 Å². The first kappa shape index (κ1) is 32.8. The molecule has 0 saturated carbocycles. The van der Waals surface area contributed by atoms with Crippen molar-refractivity contribution in [3.8, 4) is 0 Å². The van der Waals surface area contributed by atoms with Gasteiger partial charge < -0.3 is 26.9 Å². The first-order valence-corrected chi connectivity index (χ1v) is 17.5. The summed E-state index contributed by atoms with van der Waals surface area (Å²) in [4.78, 5) is 10.4. The van der Waals surface area contributed by atoms with Crippen LogP contribution in [0.3, 0.4) is 0 Å². The molecule has 3 rings (SSSR count). The molecule has 0 aliphatic carbocycles. The zero-order valence-corrected chi connectivity index (χ0v) is 26.5. The molecule has 12 nitrogen and oxygen atoms in total. The largest absolute Gasteiger partial charge is 0.472 e. The zero-order chi connectivity index (χ0) is 27.4. The van der Waals surface area contributed by atoms with Crippen LogP contribution in [0.15, 0.2) is 0 Å². The van der Waals surface area contributed by atoms with Gasteiger partial charge in [0.15, 0.2) is 0 Å². The van der Waals surface area contributed by atoms with Crippen LogP contribution in [-0.2, 0) is 49.2 Å². The molecule has 212 valence electrons. The Morgan fingerprint density at radius 1 is 0.865 bits per heavy atom. The average Bonchev–Trinajstić information content (AvgIpc) is 3.44. The van der Waals surface area contributed by atoms with Gasteiger partial charge >= 0.3 is 14.6 Å². The van der Waals surface area contributed by atoms with Gasteiger partial charge in [-0.15, -0.1) is 0 Å². The summed E-state index contributed by atoms with van der Waals surface area (Å²) in [6.07, 6.45) is -1.78. The minimum atomic E-state index is -4.47. The Hall–Kier alpha value is 1.33. The van der Waals surface area contributed by atoms with Crippen molar-refractivity contribution in [3.63, 3.8) is 0 Å². The molecule has 3 fully saturated rings. The molecule has 37 heavy (non-hydrogen) atoms. The fourth-order valence-corrected chi connectivity index (χ4v) is 7.56. The van der Waals surface area contributed by atoms with Crippen LogP contribution in [0.5, 0.6) is 0 Å². The lowest BCUT2D eigenvalue weighted by molar-refractivity contribution is -0.0508. The Kier molecular flexibility index (Phi) is 12.9. The van der Waals surface area contributed by atoms with Crippen LogP contribution in [0.4, 0.5) is 0 Å². The maximum absolute atomic E-state index is 12.9. The molecule has 3 saturated heterocycles. The van der Waals surface area contributed by atoms with Crippen LogP contribution in [0, 0.1) is 0 Å². The van der Waals surface area contributed by atoms with Crippen LogP contribution in [0.1, 0.15) is 33.1 Å². The van der Waals surface area contributed by atoms with E-state index in [4.69, 9.17) is 40.1 Å². The Morgan fingerprint density at radius 3 is 1.86 bits per heavy atom. The van der Waals surface area contributed by atoms with E-state index in [1.165, 1.54) is 0 Å². The first-order valence-electron chi connectivity index (χ1n) is 12.4. The molecule has 3 heterocycles. The van der Waals surface area contributed by atoms with Crippen LogP contribution < -0.4 is 0 Å². The van der Waals surface area contributed by atoms with Gasteiger partial charge in [0.2, 0.25) is 0 Å². The van der Waals surface area contributed by atoms with Crippen molar-refractivity contribution in [2.45, 2.75) is 93.8 Å². The smallest absolute Gasteiger partial charge is 0.379 e. The average molecular weight is 698 g/mol. The maximum Gasteiger partial charge on any atom is 0.472 e. The van der Waals surface area contributed by atoms with E-state index in [-0.39, 0.29) is 50.0 Å². The van der Waals surface area contributed by atoms with Gasteiger partial charge in [0.1, 0.15) is 71.0 Å². The highest BCUT2D eigenvalue weighted by atomic mass is 127. The summed E-state index contributed by atoms with van der Waals surface area (Å²) in [7, 11) is 1.12. The molecule has 0 aromatic rings. The highest BCUT2D eigenvalue weighted by Gasteiger charge is 2.43. The fourth-order valence-electron chi connectivity index (χ4n) is 4.54. The van der Waals surface area contributed by atoms with E-state index in [2.05, 4.69) is 12.2 Å². The number of phosphoric ester groups is 1. The zero-order valence-electron chi connectivity index (χ0n) is 21.7. The van der Waals surface area contributed by atoms with Gasteiger partial charge in [-0.1, -0.05) is 12.2 Å². The Bertz CT molecular complexity index is 837. The van der Waals surface area contributed by atoms with E-state index in [1.54, 1.807) is 0 Å². The van der Waals surface area contributed by atoms with Crippen molar-refractivity contribution >= 4 is 73.4 Å². The quantitative estimate of drug-likeness (QED) is 0.112. The standard InChI is InChI=1S/C18H36B3IO12P2S/c1-9(2)26-6-13-11(4-17(20)29-13)33-35(23,24)27-7-15-12(5-18(21)31-15)34-36(25,37)28-8-14-10(32-22)3-16(19)30-14/h9-18H,3-8,19-21H2,1-2H3,(H,23,24)(H,25,37)/t10?,11?,12?,13-,14-,15-,16-,17-,18-,36?/m1/s1. The van der Waals surface area contributed by atoms with Crippen molar-refractivity contribution in [2.24, 2.45) is 0 Å². The molecule has 3 aliphatic heterocycles. The van der Waals surface area contributed by atoms with E-state index in [9.17, 15) is 14.0 Å². The number of phosphoric acid groups is 1. The van der Waals surface area contributed by atoms with Gasteiger partial charge in [0.05, 0.1) is 38.1 Å². The Labute approximate surface area is 240 Å². The second kappa shape index (κ2) is 14.5. The van der Waals surface area contributed by atoms with Crippen molar-refractivity contribution in [3.05, 3.63) is 0 Å². The van der Waals surface area contributed by atoms with Crippen LogP contribution >= 0.6 is 49.9 Å². The molecule has 0 radical (unpaired) electrons. The minimum Gasteiger partial charge on any atom is -0.379 e. The normalized spacial score (nSPS) is 39.7. The van der Waals surface area contributed by atoms with Crippen LogP contribution in [-0.4, -0.2) is 109 Å². The molecule has 0 aromatic heterocycles. The highest BCUT2D eigenvalue weighted by molar-refractivity contribution is 14.1. The molecule has 0 bridgehead atoms. The predicted molar refractivity (Wildman–Crippen MR) is 154 cm³/mol. The van der Waals surface area contributed by atoms with E-state index in [0.717, 1.165) is 0 Å².